The van der Waals surface area contributed by atoms with Crippen LogP contribution in [-0.4, -0.2) is 23.1 Å². The molecule has 0 amide bonds. The summed E-state index contributed by atoms with van der Waals surface area (Å²) in [5.74, 6) is -1.02. The highest BCUT2D eigenvalue weighted by atomic mass is 16.5. The van der Waals surface area contributed by atoms with Gasteiger partial charge in [0.1, 0.15) is 11.8 Å². The Morgan fingerprint density at radius 3 is 2.66 bits per heavy atom. The molecule has 5 heteroatoms. The van der Waals surface area contributed by atoms with Gasteiger partial charge in [0.05, 0.1) is 11.3 Å². The Morgan fingerprint density at radius 2 is 1.83 bits per heavy atom. The van der Waals surface area contributed by atoms with Crippen molar-refractivity contribution in [2.24, 2.45) is 5.92 Å². The molecule has 0 saturated carbocycles. The summed E-state index contributed by atoms with van der Waals surface area (Å²) in [5, 5.41) is 14.8. The molecule has 29 heavy (non-hydrogen) atoms. The number of rotatable bonds is 3. The van der Waals surface area contributed by atoms with Crippen LogP contribution in [0.15, 0.2) is 72.8 Å². The molecule has 0 radical (unpaired) electrons. The third-order valence-corrected chi connectivity index (χ3v) is 5.81. The first-order valence-corrected chi connectivity index (χ1v) is 9.62. The smallest absolute Gasteiger partial charge is 0.345 e. The predicted octanol–water partition coefficient (Wildman–Crippen LogP) is 4.60. The van der Waals surface area contributed by atoms with Crippen LogP contribution in [0.4, 0.5) is 5.69 Å². The third kappa shape index (κ3) is 2.95. The zero-order valence-corrected chi connectivity index (χ0v) is 15.5. The minimum absolute atomic E-state index is 0.0132. The molecule has 3 aromatic carbocycles. The number of ether oxygens (including phenoxy) is 1. The molecule has 0 fully saturated rings. The Bertz CT molecular complexity index is 1170. The van der Waals surface area contributed by atoms with Gasteiger partial charge in [-0.05, 0) is 41.0 Å². The maximum absolute atomic E-state index is 13.0. The van der Waals surface area contributed by atoms with Crippen molar-refractivity contribution in [3.05, 3.63) is 83.9 Å². The van der Waals surface area contributed by atoms with Crippen LogP contribution in [0.25, 0.3) is 10.8 Å². The van der Waals surface area contributed by atoms with Crippen molar-refractivity contribution in [1.82, 2.24) is 0 Å². The molecule has 1 aliphatic heterocycles. The molecule has 1 aliphatic carbocycles. The monoisotopic (exact) mass is 385 g/mol. The maximum Gasteiger partial charge on any atom is 0.345 e. The number of carboxylic acid groups (broad SMARTS) is 1. The van der Waals surface area contributed by atoms with Gasteiger partial charge in [0, 0.05) is 11.8 Å². The highest BCUT2D eigenvalue weighted by Crippen LogP contribution is 2.45. The summed E-state index contributed by atoms with van der Waals surface area (Å²) < 4.78 is 5.64. The fourth-order valence-corrected chi connectivity index (χ4v) is 4.43. The van der Waals surface area contributed by atoms with Gasteiger partial charge in [-0.25, -0.2) is 9.59 Å². The van der Waals surface area contributed by atoms with Gasteiger partial charge in [-0.1, -0.05) is 54.6 Å². The normalized spacial score (nSPS) is 21.9. The van der Waals surface area contributed by atoms with E-state index in [9.17, 15) is 14.7 Å². The Kier molecular flexibility index (Phi) is 4.09. The van der Waals surface area contributed by atoms with Crippen LogP contribution >= 0.6 is 0 Å². The van der Waals surface area contributed by atoms with E-state index in [2.05, 4.69) is 5.32 Å². The first-order chi connectivity index (χ1) is 14.1. The molecule has 2 aliphatic rings. The number of allylic oxidation sites excluding steroid dienone is 2. The maximum atomic E-state index is 13.0. The van der Waals surface area contributed by atoms with Crippen molar-refractivity contribution in [1.29, 1.82) is 0 Å². The number of benzene rings is 3. The number of para-hydroxylation sites is 1. The van der Waals surface area contributed by atoms with E-state index in [4.69, 9.17) is 4.74 Å². The summed E-state index contributed by atoms with van der Waals surface area (Å²) in [5.41, 5.74) is 1.84. The van der Waals surface area contributed by atoms with Crippen molar-refractivity contribution in [2.75, 3.05) is 5.32 Å². The number of hydrogen-bond donors (Lipinski definition) is 2. The van der Waals surface area contributed by atoms with Gasteiger partial charge < -0.3 is 15.2 Å². The van der Waals surface area contributed by atoms with E-state index in [1.807, 2.05) is 60.7 Å². The predicted molar refractivity (Wildman–Crippen MR) is 110 cm³/mol. The van der Waals surface area contributed by atoms with E-state index < -0.39 is 18.0 Å². The van der Waals surface area contributed by atoms with Crippen LogP contribution < -0.4 is 10.1 Å². The minimum atomic E-state index is -0.910. The van der Waals surface area contributed by atoms with Gasteiger partial charge in [-0.2, -0.15) is 0 Å². The van der Waals surface area contributed by atoms with Gasteiger partial charge in [0.2, 0.25) is 0 Å². The molecule has 3 aromatic rings. The Morgan fingerprint density at radius 1 is 1.00 bits per heavy atom. The van der Waals surface area contributed by atoms with Crippen molar-refractivity contribution in [2.45, 2.75) is 18.4 Å². The van der Waals surface area contributed by atoms with E-state index >= 15 is 0 Å². The topological polar surface area (TPSA) is 75.6 Å². The summed E-state index contributed by atoms with van der Waals surface area (Å²) in [6.45, 7) is 0. The molecule has 0 saturated heterocycles. The number of fused-ring (bicyclic) bond motifs is 4. The first-order valence-electron chi connectivity index (χ1n) is 9.62. The zero-order chi connectivity index (χ0) is 20.0. The number of carbonyl (C=O) groups excluding carboxylic acids is 1. The lowest BCUT2D eigenvalue weighted by molar-refractivity contribution is -0.139. The van der Waals surface area contributed by atoms with Gasteiger partial charge in [-0.3, -0.25) is 0 Å². The standard InChI is InChI=1S/C24H19NO4/c26-23(27)22-19-9-3-7-17(19)18-8-4-10-20(21(18)25-22)24(28)29-16-12-11-14-5-1-2-6-15(14)13-16/h1-8,10-13,17,19,22,25H,9H2,(H,26,27)/t17-,19+,22-/m1/s1. The summed E-state index contributed by atoms with van der Waals surface area (Å²) in [7, 11) is 0. The largest absolute Gasteiger partial charge is 0.480 e. The Labute approximate surface area is 167 Å². The molecule has 1 heterocycles. The molecule has 5 nitrogen and oxygen atoms in total. The van der Waals surface area contributed by atoms with Gasteiger partial charge in [0.25, 0.3) is 0 Å². The molecule has 0 spiro atoms. The van der Waals surface area contributed by atoms with Gasteiger partial charge in [-0.15, -0.1) is 0 Å². The number of aliphatic carboxylic acids is 1. The van der Waals surface area contributed by atoms with Gasteiger partial charge in [0.15, 0.2) is 0 Å². The van der Waals surface area contributed by atoms with Crippen molar-refractivity contribution in [3.8, 4) is 5.75 Å². The molecule has 3 atom stereocenters. The molecule has 144 valence electrons. The van der Waals surface area contributed by atoms with E-state index in [1.165, 1.54) is 0 Å². The molecule has 0 bridgehead atoms. The number of anilines is 1. The minimum Gasteiger partial charge on any atom is -0.480 e. The van der Waals surface area contributed by atoms with Crippen molar-refractivity contribution in [3.63, 3.8) is 0 Å². The molecule has 0 unspecified atom stereocenters. The Balaban J connectivity index is 1.50. The second kappa shape index (κ2) is 6.78. The first kappa shape index (κ1) is 17.5. The van der Waals surface area contributed by atoms with Crippen LogP contribution in [-0.2, 0) is 4.79 Å². The lowest BCUT2D eigenvalue weighted by Gasteiger charge is -2.35. The SMILES string of the molecule is O=C(Oc1ccc2ccccc2c1)c1cccc2c1N[C@@H](C(=O)O)[C@H]1CC=C[C@H]21. The third-order valence-electron chi connectivity index (χ3n) is 5.81. The fourth-order valence-electron chi connectivity index (χ4n) is 4.43. The average molecular weight is 385 g/mol. The lowest BCUT2D eigenvalue weighted by atomic mass is 9.78. The fraction of sp³-hybridized carbons (Fsp3) is 0.167. The van der Waals surface area contributed by atoms with E-state index in [0.717, 1.165) is 16.3 Å². The second-order valence-electron chi connectivity index (χ2n) is 7.48. The van der Waals surface area contributed by atoms with Crippen molar-refractivity contribution < 1.29 is 19.4 Å². The highest BCUT2D eigenvalue weighted by Gasteiger charge is 2.42. The van der Waals surface area contributed by atoms with Crippen LogP contribution in [0.2, 0.25) is 0 Å². The number of carbonyl (C=O) groups is 2. The van der Waals surface area contributed by atoms with Gasteiger partial charge >= 0.3 is 11.9 Å². The van der Waals surface area contributed by atoms with E-state index in [-0.39, 0.29) is 11.8 Å². The summed E-state index contributed by atoms with van der Waals surface area (Å²) in [4.78, 5) is 24.8. The number of esters is 1. The molecular weight excluding hydrogens is 366 g/mol. The summed E-state index contributed by atoms with van der Waals surface area (Å²) in [6, 6.07) is 18.0. The van der Waals surface area contributed by atoms with Crippen LogP contribution in [0.3, 0.4) is 0 Å². The molecule has 2 N–H and O–H groups in total. The molecular formula is C24H19NO4. The van der Waals surface area contributed by atoms with E-state index in [0.29, 0.717) is 23.4 Å². The number of hydrogen-bond acceptors (Lipinski definition) is 4. The second-order valence-corrected chi connectivity index (χ2v) is 7.48. The lowest BCUT2D eigenvalue weighted by Crippen LogP contribution is -2.42. The van der Waals surface area contributed by atoms with E-state index in [1.54, 1.807) is 12.1 Å². The quantitative estimate of drug-likeness (QED) is 0.392. The Hall–Kier alpha value is -3.60. The van der Waals surface area contributed by atoms with Crippen LogP contribution in [0, 0.1) is 5.92 Å². The highest BCUT2D eigenvalue weighted by molar-refractivity contribution is 5.99. The number of nitrogens with one attached hydrogen (secondary N) is 1. The van der Waals surface area contributed by atoms with Crippen LogP contribution in [0.5, 0.6) is 5.75 Å². The zero-order valence-electron chi connectivity index (χ0n) is 15.5. The summed E-state index contributed by atoms with van der Waals surface area (Å²) >= 11 is 0. The van der Waals surface area contributed by atoms with Crippen molar-refractivity contribution >= 4 is 28.4 Å². The number of carboxylic acids is 1. The average Bonchev–Trinajstić information content (AvgIpc) is 3.22. The summed E-state index contributed by atoms with van der Waals surface area (Å²) in [6.07, 6.45) is 4.76. The van der Waals surface area contributed by atoms with Crippen LogP contribution in [0.1, 0.15) is 28.3 Å². The molecule has 0 aromatic heterocycles. The molecule has 5 rings (SSSR count).